The highest BCUT2D eigenvalue weighted by Crippen LogP contribution is 2.17. The minimum atomic E-state index is 0.124. The molecule has 1 amide bonds. The zero-order chi connectivity index (χ0) is 14.4. The van der Waals surface area contributed by atoms with Crippen LogP contribution in [0.15, 0.2) is 5.38 Å². The van der Waals surface area contributed by atoms with Crippen molar-refractivity contribution in [2.75, 3.05) is 14.1 Å². The quantitative estimate of drug-likeness (QED) is 0.849. The minimum Gasteiger partial charge on any atom is -0.353 e. The van der Waals surface area contributed by atoms with E-state index in [0.29, 0.717) is 12.5 Å². The monoisotopic (exact) mass is 295 g/mol. The van der Waals surface area contributed by atoms with Crippen LogP contribution in [0.25, 0.3) is 0 Å². The Morgan fingerprint density at radius 1 is 1.35 bits per heavy atom. The van der Waals surface area contributed by atoms with Crippen molar-refractivity contribution in [2.45, 2.75) is 57.5 Å². The molecule has 0 atom stereocenters. The molecule has 1 aromatic heterocycles. The minimum absolute atomic E-state index is 0.124. The van der Waals surface area contributed by atoms with E-state index in [9.17, 15) is 4.79 Å². The van der Waals surface area contributed by atoms with Gasteiger partial charge in [-0.2, -0.15) is 0 Å². The highest BCUT2D eigenvalue weighted by Gasteiger charge is 2.15. The van der Waals surface area contributed by atoms with Crippen LogP contribution >= 0.6 is 11.3 Å². The second-order valence-electron chi connectivity index (χ2n) is 5.90. The van der Waals surface area contributed by atoms with E-state index in [2.05, 4.69) is 15.2 Å². The number of hydrogen-bond acceptors (Lipinski definition) is 4. The number of aromatic nitrogens is 1. The van der Waals surface area contributed by atoms with Gasteiger partial charge in [0.15, 0.2) is 0 Å². The van der Waals surface area contributed by atoms with E-state index < -0.39 is 0 Å². The fraction of sp³-hybridized carbons (Fsp3) is 0.733. The first-order valence-corrected chi connectivity index (χ1v) is 8.39. The van der Waals surface area contributed by atoms with E-state index in [4.69, 9.17) is 0 Å². The summed E-state index contributed by atoms with van der Waals surface area (Å²) in [5.74, 6) is 0.124. The maximum atomic E-state index is 12.1. The summed E-state index contributed by atoms with van der Waals surface area (Å²) < 4.78 is 0. The van der Waals surface area contributed by atoms with Crippen molar-refractivity contribution >= 4 is 17.2 Å². The summed E-state index contributed by atoms with van der Waals surface area (Å²) in [7, 11) is 4.06. The van der Waals surface area contributed by atoms with Gasteiger partial charge in [0.25, 0.3) is 0 Å². The van der Waals surface area contributed by atoms with Gasteiger partial charge in [-0.3, -0.25) is 4.79 Å². The molecule has 0 spiro atoms. The van der Waals surface area contributed by atoms with Gasteiger partial charge in [0, 0.05) is 18.0 Å². The number of thiazole rings is 1. The lowest BCUT2D eigenvalue weighted by Crippen LogP contribution is -2.35. The zero-order valence-electron chi connectivity index (χ0n) is 12.5. The Hall–Kier alpha value is -0.940. The average Bonchev–Trinajstić information content (AvgIpc) is 2.63. The van der Waals surface area contributed by atoms with Crippen LogP contribution in [0.3, 0.4) is 0 Å². The number of hydrogen-bond donors (Lipinski definition) is 1. The molecule has 0 aliphatic heterocycles. The molecule has 1 aliphatic rings. The van der Waals surface area contributed by atoms with Crippen LogP contribution in [-0.4, -0.2) is 35.9 Å². The van der Waals surface area contributed by atoms with Crippen molar-refractivity contribution in [3.8, 4) is 0 Å². The fourth-order valence-electron chi connectivity index (χ4n) is 2.64. The van der Waals surface area contributed by atoms with Gasteiger partial charge in [-0.15, -0.1) is 11.3 Å². The molecule has 0 saturated heterocycles. The molecule has 1 saturated carbocycles. The van der Waals surface area contributed by atoms with Crippen molar-refractivity contribution < 1.29 is 4.79 Å². The smallest absolute Gasteiger partial charge is 0.226 e. The largest absolute Gasteiger partial charge is 0.353 e. The van der Waals surface area contributed by atoms with Crippen LogP contribution in [0.4, 0.5) is 0 Å². The molecular formula is C15H25N3OS. The fourth-order valence-corrected chi connectivity index (χ4v) is 3.55. The van der Waals surface area contributed by atoms with E-state index >= 15 is 0 Å². The zero-order valence-corrected chi connectivity index (χ0v) is 13.3. The molecule has 0 aromatic carbocycles. The Labute approximate surface area is 125 Å². The lowest BCUT2D eigenvalue weighted by atomic mass is 10.1. The van der Waals surface area contributed by atoms with Crippen LogP contribution in [0.1, 0.15) is 49.2 Å². The molecule has 2 rings (SSSR count). The van der Waals surface area contributed by atoms with Gasteiger partial charge in [0.2, 0.25) is 5.91 Å². The first-order chi connectivity index (χ1) is 9.63. The third-order valence-electron chi connectivity index (χ3n) is 3.61. The first-order valence-electron chi connectivity index (χ1n) is 7.51. The van der Waals surface area contributed by atoms with Crippen LogP contribution in [-0.2, 0) is 17.8 Å². The number of carbonyl (C=O) groups is 1. The van der Waals surface area contributed by atoms with E-state index in [-0.39, 0.29) is 5.91 Å². The second kappa shape index (κ2) is 7.74. The number of rotatable bonds is 5. The molecule has 1 aromatic rings. The second-order valence-corrected chi connectivity index (χ2v) is 6.85. The summed E-state index contributed by atoms with van der Waals surface area (Å²) in [5, 5.41) is 6.25. The standard InChI is InChI=1S/C15H25N3OS/c1-18(2)10-15-17-13(11-20-15)9-14(19)16-12-7-5-3-4-6-8-12/h11-12H,3-10H2,1-2H3,(H,16,19). The molecule has 0 radical (unpaired) electrons. The number of nitrogens with zero attached hydrogens (tertiary/aromatic N) is 2. The summed E-state index contributed by atoms with van der Waals surface area (Å²) in [6, 6.07) is 0.380. The third-order valence-corrected chi connectivity index (χ3v) is 4.50. The highest BCUT2D eigenvalue weighted by molar-refractivity contribution is 7.09. The van der Waals surface area contributed by atoms with Crippen molar-refractivity contribution in [1.29, 1.82) is 0 Å². The van der Waals surface area contributed by atoms with Gasteiger partial charge in [-0.1, -0.05) is 25.7 Å². The molecule has 4 nitrogen and oxygen atoms in total. The Kier molecular flexibility index (Phi) is 5.98. The molecule has 0 unspecified atom stereocenters. The van der Waals surface area contributed by atoms with Crippen molar-refractivity contribution in [3.63, 3.8) is 0 Å². The lowest BCUT2D eigenvalue weighted by molar-refractivity contribution is -0.121. The highest BCUT2D eigenvalue weighted by atomic mass is 32.1. The van der Waals surface area contributed by atoms with Crippen molar-refractivity contribution in [2.24, 2.45) is 0 Å². The van der Waals surface area contributed by atoms with E-state index in [0.717, 1.165) is 30.1 Å². The van der Waals surface area contributed by atoms with Crippen LogP contribution in [0, 0.1) is 0 Å². The Bertz CT molecular complexity index is 423. The Morgan fingerprint density at radius 3 is 2.70 bits per heavy atom. The van der Waals surface area contributed by atoms with E-state index in [1.54, 1.807) is 11.3 Å². The van der Waals surface area contributed by atoms with Gasteiger partial charge < -0.3 is 10.2 Å². The van der Waals surface area contributed by atoms with E-state index in [1.165, 1.54) is 25.7 Å². The molecule has 1 fully saturated rings. The van der Waals surface area contributed by atoms with Crippen LogP contribution in [0.5, 0.6) is 0 Å². The molecular weight excluding hydrogens is 270 g/mol. The summed E-state index contributed by atoms with van der Waals surface area (Å²) in [6.45, 7) is 0.842. The Balaban J connectivity index is 1.79. The Morgan fingerprint density at radius 2 is 2.05 bits per heavy atom. The molecule has 112 valence electrons. The molecule has 1 aliphatic carbocycles. The topological polar surface area (TPSA) is 45.2 Å². The summed E-state index contributed by atoms with van der Waals surface area (Å²) in [5.41, 5.74) is 0.901. The van der Waals surface area contributed by atoms with Crippen molar-refractivity contribution in [1.82, 2.24) is 15.2 Å². The normalized spacial score (nSPS) is 17.1. The molecule has 1 N–H and O–H groups in total. The maximum Gasteiger partial charge on any atom is 0.226 e. The number of nitrogens with one attached hydrogen (secondary N) is 1. The molecule has 5 heteroatoms. The van der Waals surface area contributed by atoms with Gasteiger partial charge in [-0.05, 0) is 26.9 Å². The first kappa shape index (κ1) is 15.4. The summed E-state index contributed by atoms with van der Waals surface area (Å²) in [6.07, 6.45) is 7.80. The number of amides is 1. The number of carbonyl (C=O) groups excluding carboxylic acids is 1. The van der Waals surface area contributed by atoms with Crippen LogP contribution < -0.4 is 5.32 Å². The summed E-state index contributed by atoms with van der Waals surface area (Å²) >= 11 is 1.64. The van der Waals surface area contributed by atoms with Gasteiger partial charge in [0.05, 0.1) is 12.1 Å². The summed E-state index contributed by atoms with van der Waals surface area (Å²) in [4.78, 5) is 18.7. The van der Waals surface area contributed by atoms with Gasteiger partial charge >= 0.3 is 0 Å². The molecule has 1 heterocycles. The predicted molar refractivity (Wildman–Crippen MR) is 82.8 cm³/mol. The maximum absolute atomic E-state index is 12.1. The molecule has 0 bridgehead atoms. The third kappa shape index (κ3) is 5.21. The van der Waals surface area contributed by atoms with Crippen LogP contribution in [0.2, 0.25) is 0 Å². The molecule has 20 heavy (non-hydrogen) atoms. The van der Waals surface area contributed by atoms with Gasteiger partial charge in [-0.25, -0.2) is 4.98 Å². The average molecular weight is 295 g/mol. The van der Waals surface area contributed by atoms with Gasteiger partial charge in [0.1, 0.15) is 5.01 Å². The lowest BCUT2D eigenvalue weighted by Gasteiger charge is -2.15. The SMILES string of the molecule is CN(C)Cc1nc(CC(=O)NC2CCCCCC2)cs1. The van der Waals surface area contributed by atoms with E-state index in [1.807, 2.05) is 19.5 Å². The predicted octanol–water partition coefficient (Wildman–Crippen LogP) is 2.59. The van der Waals surface area contributed by atoms with Crippen molar-refractivity contribution in [3.05, 3.63) is 16.1 Å².